The fourth-order valence-electron chi connectivity index (χ4n) is 10.3. The van der Waals surface area contributed by atoms with Crippen molar-refractivity contribution in [2.45, 2.75) is 69.2 Å². The molecule has 3 amide bonds. The molecule has 4 heterocycles. The SMILES string of the molecule is COc1ccc([Si](C)(C)[C@@H]2[C@@H](CC(=O)N3Cc4ccccc4C[C@H]3CO)O[C@]3(C(=O)N(Cc4ccc(N5C(=O)COc6ccccc65)cc4)c4ccc(Br)cc43)[C@H]2C)cc1. The van der Waals surface area contributed by atoms with Crippen LogP contribution in [0.25, 0.3) is 0 Å². The van der Waals surface area contributed by atoms with Gasteiger partial charge in [-0.3, -0.25) is 19.3 Å². The minimum absolute atomic E-state index is 0.0482. The number of methoxy groups -OCH3 is 1. The number of para-hydroxylation sites is 2. The van der Waals surface area contributed by atoms with Crippen LogP contribution in [0.15, 0.2) is 120 Å². The lowest BCUT2D eigenvalue weighted by Crippen LogP contribution is -2.52. The van der Waals surface area contributed by atoms with Crippen molar-refractivity contribution in [2.24, 2.45) is 5.92 Å². The van der Waals surface area contributed by atoms with E-state index >= 15 is 4.79 Å². The van der Waals surface area contributed by atoms with Crippen molar-refractivity contribution in [1.82, 2.24) is 4.90 Å². The Labute approximate surface area is 359 Å². The molecule has 0 aromatic heterocycles. The van der Waals surface area contributed by atoms with Crippen LogP contribution in [0.2, 0.25) is 18.6 Å². The van der Waals surface area contributed by atoms with Crippen LogP contribution in [-0.2, 0) is 44.2 Å². The Bertz CT molecular complexity index is 2480. The zero-order chi connectivity index (χ0) is 41.9. The third kappa shape index (κ3) is 6.64. The van der Waals surface area contributed by atoms with E-state index in [0.717, 1.165) is 38.2 Å². The molecule has 0 saturated carbocycles. The van der Waals surface area contributed by atoms with Gasteiger partial charge in [0, 0.05) is 28.2 Å². The normalized spacial score (nSPS) is 23.3. The molecule has 4 aliphatic heterocycles. The number of hydrogen-bond acceptors (Lipinski definition) is 7. The van der Waals surface area contributed by atoms with E-state index in [4.69, 9.17) is 14.2 Å². The van der Waals surface area contributed by atoms with E-state index in [1.165, 1.54) is 5.19 Å². The van der Waals surface area contributed by atoms with Crippen LogP contribution in [0, 0.1) is 5.92 Å². The third-order valence-corrected chi connectivity index (χ3v) is 18.2. The number of ether oxygens (including phenoxy) is 3. The Balaban J connectivity index is 1.07. The molecule has 60 heavy (non-hydrogen) atoms. The molecule has 0 unspecified atom stereocenters. The van der Waals surface area contributed by atoms with Gasteiger partial charge in [0.05, 0.1) is 58.3 Å². The maximum atomic E-state index is 15.5. The predicted molar refractivity (Wildman–Crippen MR) is 237 cm³/mol. The summed E-state index contributed by atoms with van der Waals surface area (Å²) in [6.07, 6.45) is 0.0616. The highest BCUT2D eigenvalue weighted by molar-refractivity contribution is 9.10. The average molecular weight is 887 g/mol. The number of fused-ring (bicyclic) bond motifs is 4. The second-order valence-corrected chi connectivity index (χ2v) is 22.5. The number of halogens is 1. The van der Waals surface area contributed by atoms with E-state index in [0.29, 0.717) is 30.1 Å². The monoisotopic (exact) mass is 885 g/mol. The molecule has 308 valence electrons. The summed E-state index contributed by atoms with van der Waals surface area (Å²) < 4.78 is 19.3. The first-order chi connectivity index (χ1) is 28.9. The molecular formula is C48H48BrN3O7Si. The molecule has 12 heteroatoms. The summed E-state index contributed by atoms with van der Waals surface area (Å²) >= 11 is 3.71. The highest BCUT2D eigenvalue weighted by Gasteiger charge is 2.66. The van der Waals surface area contributed by atoms with Crippen molar-refractivity contribution < 1.29 is 33.7 Å². The van der Waals surface area contributed by atoms with E-state index in [2.05, 4.69) is 54.1 Å². The summed E-state index contributed by atoms with van der Waals surface area (Å²) in [5, 5.41) is 11.7. The Morgan fingerprint density at radius 1 is 0.917 bits per heavy atom. The molecule has 1 N–H and O–H groups in total. The average Bonchev–Trinajstić information content (AvgIpc) is 3.68. The zero-order valence-corrected chi connectivity index (χ0v) is 36.7. The number of nitrogens with zero attached hydrogens (tertiary/aromatic N) is 3. The van der Waals surface area contributed by atoms with Gasteiger partial charge in [-0.25, -0.2) is 0 Å². The molecular weight excluding hydrogens is 839 g/mol. The van der Waals surface area contributed by atoms with Crippen LogP contribution >= 0.6 is 15.9 Å². The molecule has 10 nitrogen and oxygen atoms in total. The van der Waals surface area contributed by atoms with Crippen LogP contribution in [0.3, 0.4) is 0 Å². The van der Waals surface area contributed by atoms with Gasteiger partial charge in [0.2, 0.25) is 5.91 Å². The fourth-order valence-corrected chi connectivity index (χ4v) is 14.7. The third-order valence-electron chi connectivity index (χ3n) is 13.3. The number of benzene rings is 5. The van der Waals surface area contributed by atoms with E-state index < -0.39 is 19.8 Å². The van der Waals surface area contributed by atoms with Crippen LogP contribution < -0.4 is 24.5 Å². The lowest BCUT2D eigenvalue weighted by Gasteiger charge is -2.39. The van der Waals surface area contributed by atoms with E-state index in [-0.39, 0.29) is 61.4 Å². The molecule has 1 spiro atoms. The molecule has 1 fully saturated rings. The van der Waals surface area contributed by atoms with Gasteiger partial charge in [0.15, 0.2) is 12.2 Å². The molecule has 0 aliphatic carbocycles. The quantitative estimate of drug-likeness (QED) is 0.152. The Hall–Kier alpha value is -5.27. The number of aliphatic hydroxyl groups is 1. The highest BCUT2D eigenvalue weighted by atomic mass is 79.9. The highest BCUT2D eigenvalue weighted by Crippen LogP contribution is 2.60. The number of rotatable bonds is 9. The summed E-state index contributed by atoms with van der Waals surface area (Å²) in [6.45, 7) is 7.23. The first-order valence-corrected chi connectivity index (χ1v) is 24.4. The summed E-state index contributed by atoms with van der Waals surface area (Å²) in [7, 11) is -0.887. The number of amides is 3. The molecule has 9 rings (SSSR count). The first-order valence-electron chi connectivity index (χ1n) is 20.5. The van der Waals surface area contributed by atoms with E-state index in [1.807, 2.05) is 102 Å². The van der Waals surface area contributed by atoms with Gasteiger partial charge in [-0.1, -0.05) is 102 Å². The molecule has 5 atom stereocenters. The first kappa shape index (κ1) is 40.1. The second kappa shape index (κ2) is 15.6. The lowest BCUT2D eigenvalue weighted by atomic mass is 9.82. The number of hydrogen-bond donors (Lipinski definition) is 1. The molecule has 5 aromatic carbocycles. The molecule has 5 aromatic rings. The fraction of sp³-hybridized carbons (Fsp3) is 0.312. The largest absolute Gasteiger partial charge is 0.497 e. The summed E-state index contributed by atoms with van der Waals surface area (Å²) in [6, 6.07) is 37.0. The Kier molecular flexibility index (Phi) is 10.5. The second-order valence-electron chi connectivity index (χ2n) is 16.9. The lowest BCUT2D eigenvalue weighted by molar-refractivity contribution is -0.151. The number of anilines is 3. The summed E-state index contributed by atoms with van der Waals surface area (Å²) in [4.78, 5) is 48.5. The summed E-state index contributed by atoms with van der Waals surface area (Å²) in [5.74, 6) is 0.678. The van der Waals surface area contributed by atoms with Gasteiger partial charge in [-0.15, -0.1) is 0 Å². The van der Waals surface area contributed by atoms with E-state index in [1.54, 1.807) is 16.9 Å². The standard InChI is InChI=1S/C48H48BrN3O7Si/c1-30-46(60(3,4)38-20-18-37(57-2)19-21-38)43(25-44(54)50-27-33-10-6-5-9-32(33)23-36(50)28-53)59-48(30)39-24-34(49)15-22-40(39)51(47(48)56)26-31-13-16-35(17-14-31)52-41-11-7-8-12-42(41)58-29-45(52)55/h5-22,24,30,36,43,46,53H,23,25-29H2,1-4H3/t30-,36-,43+,46-,48+/m0/s1. The molecule has 0 radical (unpaired) electrons. The van der Waals surface area contributed by atoms with Crippen LogP contribution in [-0.4, -0.2) is 68.3 Å². The molecule has 0 bridgehead atoms. The smallest absolute Gasteiger partial charge is 0.269 e. The number of aliphatic hydroxyl groups excluding tert-OH is 1. The van der Waals surface area contributed by atoms with Crippen molar-refractivity contribution in [3.8, 4) is 11.5 Å². The number of carbonyl (C=O) groups is 3. The summed E-state index contributed by atoms with van der Waals surface area (Å²) in [5.41, 5.74) is 4.53. The van der Waals surface area contributed by atoms with Crippen LogP contribution in [0.5, 0.6) is 11.5 Å². The molecule has 1 saturated heterocycles. The molecule has 4 aliphatic rings. The predicted octanol–water partition coefficient (Wildman–Crippen LogP) is 7.61. The topological polar surface area (TPSA) is 109 Å². The van der Waals surface area contributed by atoms with E-state index in [9.17, 15) is 14.7 Å². The van der Waals surface area contributed by atoms with Crippen molar-refractivity contribution in [3.63, 3.8) is 0 Å². The van der Waals surface area contributed by atoms with Gasteiger partial charge in [-0.2, -0.15) is 0 Å². The van der Waals surface area contributed by atoms with Gasteiger partial charge >= 0.3 is 0 Å². The van der Waals surface area contributed by atoms with Crippen LogP contribution in [0.4, 0.5) is 17.1 Å². The van der Waals surface area contributed by atoms with Gasteiger partial charge < -0.3 is 29.1 Å². The minimum atomic E-state index is -2.54. The van der Waals surface area contributed by atoms with Crippen molar-refractivity contribution in [3.05, 3.63) is 142 Å². The Morgan fingerprint density at radius 3 is 2.37 bits per heavy atom. The van der Waals surface area contributed by atoms with Crippen molar-refractivity contribution in [1.29, 1.82) is 0 Å². The van der Waals surface area contributed by atoms with Gasteiger partial charge in [0.1, 0.15) is 11.5 Å². The minimum Gasteiger partial charge on any atom is -0.497 e. The Morgan fingerprint density at radius 2 is 1.63 bits per heavy atom. The van der Waals surface area contributed by atoms with Crippen LogP contribution in [0.1, 0.15) is 35.6 Å². The number of carbonyl (C=O) groups excluding carboxylic acids is 3. The zero-order valence-electron chi connectivity index (χ0n) is 34.1. The van der Waals surface area contributed by atoms with Crippen molar-refractivity contribution >= 4 is 64.0 Å². The maximum absolute atomic E-state index is 15.5. The maximum Gasteiger partial charge on any atom is 0.269 e. The van der Waals surface area contributed by atoms with Gasteiger partial charge in [0.25, 0.3) is 11.8 Å². The van der Waals surface area contributed by atoms with Gasteiger partial charge in [-0.05, 0) is 83.2 Å². The van der Waals surface area contributed by atoms with Crippen molar-refractivity contribution in [2.75, 3.05) is 30.1 Å².